The normalized spacial score (nSPS) is 11.6. The van der Waals surface area contributed by atoms with E-state index in [9.17, 15) is 14.0 Å². The number of rotatable bonds is 7. The first-order chi connectivity index (χ1) is 14.8. The van der Waals surface area contributed by atoms with Crippen LogP contribution in [0.15, 0.2) is 67.0 Å². The SMILES string of the molecule is CN(CC(N)c1ccc(C(=O)Nc2ccncc2)cc1)C(=O)Cc1c(F)cccc1Cl. The van der Waals surface area contributed by atoms with Gasteiger partial charge in [-0.3, -0.25) is 14.6 Å². The van der Waals surface area contributed by atoms with Crippen molar-refractivity contribution in [1.29, 1.82) is 0 Å². The zero-order valence-electron chi connectivity index (χ0n) is 16.9. The first kappa shape index (κ1) is 22.4. The highest BCUT2D eigenvalue weighted by Crippen LogP contribution is 2.21. The summed E-state index contributed by atoms with van der Waals surface area (Å²) in [5.41, 5.74) is 8.30. The number of nitrogens with one attached hydrogen (secondary N) is 1. The molecule has 0 aliphatic rings. The van der Waals surface area contributed by atoms with Gasteiger partial charge < -0.3 is 16.0 Å². The Bertz CT molecular complexity index is 1040. The molecule has 2 aromatic carbocycles. The van der Waals surface area contributed by atoms with Crippen LogP contribution in [0.1, 0.15) is 27.5 Å². The summed E-state index contributed by atoms with van der Waals surface area (Å²) in [5.74, 6) is -1.06. The van der Waals surface area contributed by atoms with Gasteiger partial charge in [0.15, 0.2) is 0 Å². The summed E-state index contributed by atoms with van der Waals surface area (Å²) in [6.07, 6.45) is 3.04. The number of benzene rings is 2. The summed E-state index contributed by atoms with van der Waals surface area (Å²) in [5, 5.41) is 3.00. The first-order valence-corrected chi connectivity index (χ1v) is 9.96. The molecule has 1 atom stereocenters. The number of halogens is 2. The zero-order valence-corrected chi connectivity index (χ0v) is 17.6. The van der Waals surface area contributed by atoms with Crippen LogP contribution < -0.4 is 11.1 Å². The van der Waals surface area contributed by atoms with Crippen molar-refractivity contribution in [3.63, 3.8) is 0 Å². The van der Waals surface area contributed by atoms with Crippen molar-refractivity contribution in [2.24, 2.45) is 5.73 Å². The maximum absolute atomic E-state index is 13.9. The molecule has 0 saturated heterocycles. The van der Waals surface area contributed by atoms with E-state index in [0.717, 1.165) is 5.56 Å². The molecule has 1 heterocycles. The molecule has 3 rings (SSSR count). The van der Waals surface area contributed by atoms with Crippen LogP contribution in [0.5, 0.6) is 0 Å². The number of pyridine rings is 1. The Morgan fingerprint density at radius 3 is 2.45 bits per heavy atom. The Balaban J connectivity index is 1.59. The topological polar surface area (TPSA) is 88.3 Å². The van der Waals surface area contributed by atoms with Crippen LogP contribution in [0.25, 0.3) is 0 Å². The average molecular weight is 441 g/mol. The number of amides is 2. The van der Waals surface area contributed by atoms with Crippen LogP contribution in [0.3, 0.4) is 0 Å². The summed E-state index contributed by atoms with van der Waals surface area (Å²) < 4.78 is 13.9. The van der Waals surface area contributed by atoms with E-state index in [1.54, 1.807) is 61.9 Å². The molecule has 160 valence electrons. The van der Waals surface area contributed by atoms with E-state index in [1.165, 1.54) is 17.0 Å². The highest BCUT2D eigenvalue weighted by Gasteiger charge is 2.18. The van der Waals surface area contributed by atoms with Crippen LogP contribution >= 0.6 is 11.6 Å². The highest BCUT2D eigenvalue weighted by molar-refractivity contribution is 6.31. The molecule has 3 N–H and O–H groups in total. The fourth-order valence-corrected chi connectivity index (χ4v) is 3.24. The number of carbonyl (C=O) groups excluding carboxylic acids is 2. The van der Waals surface area contributed by atoms with Crippen molar-refractivity contribution >= 4 is 29.1 Å². The van der Waals surface area contributed by atoms with E-state index in [2.05, 4.69) is 10.3 Å². The molecule has 6 nitrogen and oxygen atoms in total. The molecular weight excluding hydrogens is 419 g/mol. The molecule has 0 saturated carbocycles. The van der Waals surface area contributed by atoms with Crippen molar-refractivity contribution in [2.45, 2.75) is 12.5 Å². The molecule has 0 aliphatic carbocycles. The van der Waals surface area contributed by atoms with Crippen molar-refractivity contribution in [3.8, 4) is 0 Å². The minimum Gasteiger partial charge on any atom is -0.344 e. The van der Waals surface area contributed by atoms with Gasteiger partial charge in [0.2, 0.25) is 5.91 Å². The summed E-state index contributed by atoms with van der Waals surface area (Å²) in [7, 11) is 1.60. The van der Waals surface area contributed by atoms with E-state index >= 15 is 0 Å². The fraction of sp³-hybridized carbons (Fsp3) is 0.174. The largest absolute Gasteiger partial charge is 0.344 e. The zero-order chi connectivity index (χ0) is 22.4. The number of anilines is 1. The van der Waals surface area contributed by atoms with Crippen LogP contribution in [0.4, 0.5) is 10.1 Å². The second-order valence-corrected chi connectivity index (χ2v) is 7.48. The first-order valence-electron chi connectivity index (χ1n) is 9.59. The van der Waals surface area contributed by atoms with Crippen molar-refractivity contribution in [1.82, 2.24) is 9.88 Å². The lowest BCUT2D eigenvalue weighted by molar-refractivity contribution is -0.129. The standard InChI is InChI=1S/C23H22ClFN4O2/c1-29(22(30)13-18-19(24)3-2-4-20(18)25)14-21(26)15-5-7-16(8-6-15)23(31)28-17-9-11-27-12-10-17/h2-12,21H,13-14,26H2,1H3,(H,27,28,31). The molecule has 31 heavy (non-hydrogen) atoms. The van der Waals surface area contributed by atoms with Gasteiger partial charge in [-0.2, -0.15) is 0 Å². The molecule has 0 spiro atoms. The lowest BCUT2D eigenvalue weighted by Crippen LogP contribution is -2.35. The van der Waals surface area contributed by atoms with E-state index in [1.807, 2.05) is 0 Å². The van der Waals surface area contributed by atoms with Crippen LogP contribution in [-0.4, -0.2) is 35.3 Å². The van der Waals surface area contributed by atoms with Crippen LogP contribution in [-0.2, 0) is 11.2 Å². The quantitative estimate of drug-likeness (QED) is 0.584. The number of hydrogen-bond acceptors (Lipinski definition) is 4. The Morgan fingerprint density at radius 2 is 1.81 bits per heavy atom. The van der Waals surface area contributed by atoms with Gasteiger partial charge in [0.05, 0.1) is 6.42 Å². The third-order valence-electron chi connectivity index (χ3n) is 4.83. The molecule has 0 radical (unpaired) electrons. The van der Waals surface area contributed by atoms with Gasteiger partial charge in [0, 0.05) is 53.9 Å². The summed E-state index contributed by atoms with van der Waals surface area (Å²) >= 11 is 6.00. The Hall–Kier alpha value is -3.29. The predicted molar refractivity (Wildman–Crippen MR) is 118 cm³/mol. The molecule has 0 bridgehead atoms. The number of aromatic nitrogens is 1. The molecule has 1 aromatic heterocycles. The molecular formula is C23H22ClFN4O2. The van der Waals surface area contributed by atoms with Crippen molar-refractivity contribution < 1.29 is 14.0 Å². The number of hydrogen-bond donors (Lipinski definition) is 2. The second-order valence-electron chi connectivity index (χ2n) is 7.07. The maximum atomic E-state index is 13.9. The Morgan fingerprint density at radius 1 is 1.13 bits per heavy atom. The number of likely N-dealkylation sites (N-methyl/N-ethyl adjacent to an activating group) is 1. The lowest BCUT2D eigenvalue weighted by atomic mass is 10.0. The molecule has 8 heteroatoms. The third-order valence-corrected chi connectivity index (χ3v) is 5.18. The summed E-state index contributed by atoms with van der Waals surface area (Å²) in [4.78, 5) is 30.2. The molecule has 1 unspecified atom stereocenters. The second kappa shape index (κ2) is 10.1. The smallest absolute Gasteiger partial charge is 0.255 e. The number of carbonyl (C=O) groups is 2. The molecule has 2 amide bonds. The molecule has 3 aromatic rings. The van der Waals surface area contributed by atoms with Crippen molar-refractivity contribution in [3.05, 3.63) is 94.5 Å². The maximum Gasteiger partial charge on any atom is 0.255 e. The van der Waals surface area contributed by atoms with Gasteiger partial charge in [-0.1, -0.05) is 29.8 Å². The third kappa shape index (κ3) is 5.87. The van der Waals surface area contributed by atoms with Gasteiger partial charge in [-0.05, 0) is 42.0 Å². The minimum absolute atomic E-state index is 0.150. The Labute approximate surface area is 184 Å². The predicted octanol–water partition coefficient (Wildman–Crippen LogP) is 3.83. The summed E-state index contributed by atoms with van der Waals surface area (Å²) in [6, 6.07) is 14.1. The van der Waals surface area contributed by atoms with Gasteiger partial charge in [-0.15, -0.1) is 0 Å². The summed E-state index contributed by atoms with van der Waals surface area (Å²) in [6.45, 7) is 0.230. The van der Waals surface area contributed by atoms with E-state index in [0.29, 0.717) is 11.3 Å². The molecule has 0 aliphatic heterocycles. The van der Waals surface area contributed by atoms with E-state index in [-0.39, 0.29) is 35.4 Å². The van der Waals surface area contributed by atoms with Crippen molar-refractivity contribution in [2.75, 3.05) is 18.9 Å². The number of nitrogens with zero attached hydrogens (tertiary/aromatic N) is 2. The fourth-order valence-electron chi connectivity index (χ4n) is 3.01. The minimum atomic E-state index is -0.515. The highest BCUT2D eigenvalue weighted by atomic mass is 35.5. The van der Waals surface area contributed by atoms with E-state index in [4.69, 9.17) is 17.3 Å². The van der Waals surface area contributed by atoms with E-state index < -0.39 is 11.9 Å². The lowest BCUT2D eigenvalue weighted by Gasteiger charge is -2.22. The molecule has 0 fully saturated rings. The van der Waals surface area contributed by atoms with Gasteiger partial charge in [0.1, 0.15) is 5.82 Å². The Kier molecular flexibility index (Phi) is 7.33. The van der Waals surface area contributed by atoms with Gasteiger partial charge >= 0.3 is 0 Å². The number of nitrogens with two attached hydrogens (primary N) is 1. The van der Waals surface area contributed by atoms with Crippen LogP contribution in [0.2, 0.25) is 5.02 Å². The average Bonchev–Trinajstić information content (AvgIpc) is 2.77. The van der Waals surface area contributed by atoms with Crippen LogP contribution in [0, 0.1) is 5.82 Å². The van der Waals surface area contributed by atoms with Gasteiger partial charge in [0.25, 0.3) is 5.91 Å². The monoisotopic (exact) mass is 440 g/mol. The van der Waals surface area contributed by atoms with Gasteiger partial charge in [-0.25, -0.2) is 4.39 Å².